The quantitative estimate of drug-likeness (QED) is 0.0699. The van der Waals surface area contributed by atoms with Crippen LogP contribution in [0.2, 0.25) is 10.2 Å². The number of nitro groups is 1. The Bertz CT molecular complexity index is 1990. The number of pyridine rings is 1. The summed E-state index contributed by atoms with van der Waals surface area (Å²) in [6.07, 6.45) is -9.05. The highest BCUT2D eigenvalue weighted by Crippen LogP contribution is 2.53. The van der Waals surface area contributed by atoms with E-state index in [1.54, 1.807) is 19.3 Å². The second-order valence-corrected chi connectivity index (χ2v) is 14.8. The van der Waals surface area contributed by atoms with Crippen molar-refractivity contribution in [3.8, 4) is 0 Å². The second-order valence-electron chi connectivity index (χ2n) is 11.8. The normalized spacial score (nSPS) is 12.9. The van der Waals surface area contributed by atoms with Crippen molar-refractivity contribution < 1.29 is 53.7 Å². The van der Waals surface area contributed by atoms with Gasteiger partial charge in [0.15, 0.2) is 5.82 Å². The number of alkyl halides is 7. The minimum atomic E-state index is -6.31. The summed E-state index contributed by atoms with van der Waals surface area (Å²) in [6, 6.07) is 7.61. The maximum atomic E-state index is 14.3. The number of halogens is 9. The predicted octanol–water partition coefficient (Wildman–Crippen LogP) is 7.20. The first-order valence-electron chi connectivity index (χ1n) is 15.7. The average Bonchev–Trinajstić information content (AvgIpc) is 3.05. The number of anilines is 1. The Labute approximate surface area is 321 Å². The van der Waals surface area contributed by atoms with Crippen LogP contribution in [0.1, 0.15) is 51.3 Å². The van der Waals surface area contributed by atoms with Crippen LogP contribution in [0.25, 0.3) is 0 Å². The molecule has 1 heterocycles. The fourth-order valence-electron chi connectivity index (χ4n) is 4.92. The lowest BCUT2D eigenvalue weighted by atomic mass is 9.92. The van der Waals surface area contributed by atoms with Gasteiger partial charge in [0, 0.05) is 49.9 Å². The lowest BCUT2D eigenvalue weighted by Gasteiger charge is -2.30. The van der Waals surface area contributed by atoms with Crippen LogP contribution in [0.15, 0.2) is 66.7 Å². The molecule has 0 aliphatic heterocycles. The van der Waals surface area contributed by atoms with E-state index < -0.39 is 62.0 Å². The topological polar surface area (TPSA) is 164 Å². The number of nitrogens with zero attached hydrogens (tertiary/aromatic N) is 3. The molecule has 0 radical (unpaired) electrons. The molecule has 0 aliphatic rings. The Kier molecular flexibility index (Phi) is 15.9. The van der Waals surface area contributed by atoms with Crippen molar-refractivity contribution in [1.29, 1.82) is 0 Å². The molecule has 22 heteroatoms. The Balaban J connectivity index is 0.000000485. The first-order valence-corrected chi connectivity index (χ1v) is 18.5. The molecule has 0 unspecified atom stereocenters. The van der Waals surface area contributed by atoms with E-state index >= 15 is 0 Å². The largest absolute Gasteiger partial charge is 0.435 e. The molecule has 1 aromatic heterocycles. The van der Waals surface area contributed by atoms with Gasteiger partial charge in [-0.3, -0.25) is 19.7 Å². The Morgan fingerprint density at radius 3 is 2.11 bits per heavy atom. The lowest BCUT2D eigenvalue weighted by molar-refractivity contribution is -0.404. The first kappa shape index (κ1) is 46.5. The zero-order chi connectivity index (χ0) is 42.1. The van der Waals surface area contributed by atoms with Gasteiger partial charge < -0.3 is 20.9 Å². The van der Waals surface area contributed by atoms with Gasteiger partial charge in [-0.15, -0.1) is 0 Å². The van der Waals surface area contributed by atoms with Crippen molar-refractivity contribution in [3.63, 3.8) is 0 Å². The third kappa shape index (κ3) is 12.7. The molecule has 0 saturated heterocycles. The summed E-state index contributed by atoms with van der Waals surface area (Å²) in [5.74, 6) is -1.88. The number of hydrogen-bond acceptors (Lipinski definition) is 9. The molecule has 0 saturated carbocycles. The highest BCUT2D eigenvalue weighted by Gasteiger charge is 2.73. The van der Waals surface area contributed by atoms with Gasteiger partial charge in [0.25, 0.3) is 18.0 Å². The number of aromatic nitrogens is 1. The van der Waals surface area contributed by atoms with Crippen LogP contribution >= 0.6 is 23.2 Å². The van der Waals surface area contributed by atoms with E-state index in [4.69, 9.17) is 23.2 Å². The highest BCUT2D eigenvalue weighted by molar-refractivity contribution is 7.90. The minimum Gasteiger partial charge on any atom is -0.370 e. The number of carbonyl (C=O) groups excluding carboxylic acids is 2. The number of hydrogen-bond donors (Lipinski definition) is 3. The molecule has 3 N–H and O–H groups in total. The van der Waals surface area contributed by atoms with E-state index in [2.05, 4.69) is 20.9 Å². The highest BCUT2D eigenvalue weighted by atomic mass is 35.5. The zero-order valence-corrected chi connectivity index (χ0v) is 31.9. The molecule has 2 amide bonds. The van der Waals surface area contributed by atoms with E-state index in [1.165, 1.54) is 25.1 Å². The van der Waals surface area contributed by atoms with E-state index in [9.17, 15) is 58.9 Å². The Morgan fingerprint density at radius 2 is 1.64 bits per heavy atom. The predicted molar refractivity (Wildman–Crippen MR) is 192 cm³/mol. The fraction of sp³-hybridized carbons (Fsp3) is 0.364. The van der Waals surface area contributed by atoms with E-state index in [1.807, 2.05) is 17.9 Å². The SMILES string of the molecule is CCN(Cc1ccc(Cl)nc1)/C(=C/[N+](=O)[O-])NC.Cc1cc(C(F)(C(F)(F)F)C(F)(F)F)ccc1NC(=O)c1cccc(Cl)c1C(=O)N[C@@H](C)CS(C)(=O)=O. The van der Waals surface area contributed by atoms with Gasteiger partial charge in [-0.2, -0.15) is 26.3 Å². The van der Waals surface area contributed by atoms with Gasteiger partial charge in [0.2, 0.25) is 0 Å². The van der Waals surface area contributed by atoms with Crippen molar-refractivity contribution in [2.24, 2.45) is 0 Å². The molecule has 302 valence electrons. The van der Waals surface area contributed by atoms with Crippen molar-refractivity contribution >= 4 is 50.5 Å². The summed E-state index contributed by atoms with van der Waals surface area (Å²) in [7, 11) is -1.81. The zero-order valence-electron chi connectivity index (χ0n) is 29.6. The number of carbonyl (C=O) groups is 2. The van der Waals surface area contributed by atoms with Crippen LogP contribution in [-0.2, 0) is 22.1 Å². The molecular formula is C33H35Cl2F7N6O6S. The molecule has 2 aromatic carbocycles. The standard InChI is InChI=1S/C22H20ClF7N2O4S.C11H15ClN4O2/c1-11-9-13(20(24,21(25,26)27)22(28,29)30)7-8-16(11)32-18(33)14-5-4-6-15(23)17(14)19(34)31-12(2)10-37(3,35)36;1-3-15(11(13-2)8-16(17)18)7-9-4-5-10(12)14-6-9/h4-9,12H,10H2,1-3H3,(H,31,34)(H,32,33);4-6,8,13H,3,7H2,1-2H3/b;11-8+/t12-;/m0./s1. The van der Waals surface area contributed by atoms with Gasteiger partial charge >= 0.3 is 18.0 Å². The Hall–Kier alpha value is -4.69. The molecule has 3 rings (SSSR count). The van der Waals surface area contributed by atoms with Crippen molar-refractivity contribution in [3.05, 3.63) is 115 Å². The number of amides is 2. The summed E-state index contributed by atoms with van der Waals surface area (Å²) < 4.78 is 115. The molecule has 3 aromatic rings. The van der Waals surface area contributed by atoms with Crippen LogP contribution in [-0.4, -0.2) is 79.0 Å². The van der Waals surface area contributed by atoms with Crippen LogP contribution < -0.4 is 16.0 Å². The number of benzene rings is 2. The average molecular weight is 848 g/mol. The van der Waals surface area contributed by atoms with Gasteiger partial charge in [0.1, 0.15) is 15.0 Å². The van der Waals surface area contributed by atoms with Crippen molar-refractivity contribution in [2.45, 2.75) is 51.4 Å². The molecule has 0 bridgehead atoms. The van der Waals surface area contributed by atoms with E-state index in [0.717, 1.165) is 24.9 Å². The smallest absolute Gasteiger partial charge is 0.370 e. The van der Waals surface area contributed by atoms with Crippen LogP contribution in [0.4, 0.5) is 36.4 Å². The van der Waals surface area contributed by atoms with Crippen LogP contribution in [0, 0.1) is 17.0 Å². The number of rotatable bonds is 13. The molecule has 0 fully saturated rings. The summed E-state index contributed by atoms with van der Waals surface area (Å²) in [4.78, 5) is 41.5. The second kappa shape index (κ2) is 18.8. The summed E-state index contributed by atoms with van der Waals surface area (Å²) in [5.41, 5.74) is -7.72. The van der Waals surface area contributed by atoms with Crippen LogP contribution in [0.5, 0.6) is 0 Å². The van der Waals surface area contributed by atoms with Crippen molar-refractivity contribution in [2.75, 3.05) is 30.9 Å². The number of sulfone groups is 1. The van der Waals surface area contributed by atoms with Gasteiger partial charge in [-0.1, -0.05) is 47.5 Å². The first-order chi connectivity index (χ1) is 25.2. The minimum absolute atomic E-state index is 0.193. The monoisotopic (exact) mass is 846 g/mol. The number of aryl methyl sites for hydroxylation is 1. The number of nitrogens with one attached hydrogen (secondary N) is 3. The van der Waals surface area contributed by atoms with Gasteiger partial charge in [0.05, 0.1) is 26.8 Å². The van der Waals surface area contributed by atoms with E-state index in [-0.39, 0.29) is 33.5 Å². The summed E-state index contributed by atoms with van der Waals surface area (Å²) in [5, 5.41) is 18.2. The molecular weight excluding hydrogens is 812 g/mol. The maximum absolute atomic E-state index is 14.3. The van der Waals surface area contributed by atoms with Crippen molar-refractivity contribution in [1.82, 2.24) is 20.5 Å². The molecule has 55 heavy (non-hydrogen) atoms. The lowest BCUT2D eigenvalue weighted by Crippen LogP contribution is -2.50. The molecule has 0 aliphatic carbocycles. The molecule has 12 nitrogen and oxygen atoms in total. The Morgan fingerprint density at radius 1 is 1.02 bits per heavy atom. The van der Waals surface area contributed by atoms with Crippen LogP contribution in [0.3, 0.4) is 0 Å². The molecule has 0 spiro atoms. The third-order valence-electron chi connectivity index (χ3n) is 7.44. The van der Waals surface area contributed by atoms with E-state index in [0.29, 0.717) is 36.2 Å². The maximum Gasteiger partial charge on any atom is 0.435 e. The third-order valence-corrected chi connectivity index (χ3v) is 9.08. The fourth-order valence-corrected chi connectivity index (χ4v) is 6.29. The molecule has 1 atom stereocenters. The van der Waals surface area contributed by atoms with Gasteiger partial charge in [-0.25, -0.2) is 17.8 Å². The summed E-state index contributed by atoms with van der Waals surface area (Å²) >= 11 is 11.8. The van der Waals surface area contributed by atoms with Gasteiger partial charge in [-0.05, 0) is 56.2 Å². The summed E-state index contributed by atoms with van der Waals surface area (Å²) in [6.45, 7) is 5.54.